The standard InChI is InChI=1S/C16H19N3/c1-12-10-14(11-17)19-15(18-12)16(8-5-9-16)13-6-3-2-4-7-13/h2-4,6-7,10H,5,8-9,11,17H2,1H3. The van der Waals surface area contributed by atoms with Gasteiger partial charge in [0, 0.05) is 12.2 Å². The van der Waals surface area contributed by atoms with E-state index in [1.807, 2.05) is 13.0 Å². The van der Waals surface area contributed by atoms with E-state index in [0.29, 0.717) is 6.54 Å². The Morgan fingerprint density at radius 1 is 1.16 bits per heavy atom. The van der Waals surface area contributed by atoms with Gasteiger partial charge in [-0.2, -0.15) is 0 Å². The minimum atomic E-state index is 0.0111. The van der Waals surface area contributed by atoms with Gasteiger partial charge in [-0.25, -0.2) is 9.97 Å². The molecular weight excluding hydrogens is 234 g/mol. The summed E-state index contributed by atoms with van der Waals surface area (Å²) >= 11 is 0. The summed E-state index contributed by atoms with van der Waals surface area (Å²) in [6.45, 7) is 2.49. The molecule has 1 heterocycles. The van der Waals surface area contributed by atoms with Gasteiger partial charge in [-0.3, -0.25) is 0 Å². The molecule has 2 aromatic rings. The number of hydrogen-bond donors (Lipinski definition) is 1. The molecule has 3 nitrogen and oxygen atoms in total. The minimum absolute atomic E-state index is 0.0111. The molecular formula is C16H19N3. The van der Waals surface area contributed by atoms with Crippen molar-refractivity contribution < 1.29 is 0 Å². The molecule has 1 saturated carbocycles. The molecule has 0 amide bonds. The van der Waals surface area contributed by atoms with Crippen molar-refractivity contribution in [1.82, 2.24) is 9.97 Å². The zero-order valence-electron chi connectivity index (χ0n) is 11.3. The fourth-order valence-corrected chi connectivity index (χ4v) is 2.88. The SMILES string of the molecule is Cc1cc(CN)nc(C2(c3ccccc3)CCC2)n1. The lowest BCUT2D eigenvalue weighted by Crippen LogP contribution is -2.37. The molecule has 1 aliphatic rings. The van der Waals surface area contributed by atoms with Gasteiger partial charge < -0.3 is 5.73 Å². The summed E-state index contributed by atoms with van der Waals surface area (Å²) < 4.78 is 0. The van der Waals surface area contributed by atoms with Crippen LogP contribution < -0.4 is 5.73 Å². The van der Waals surface area contributed by atoms with Crippen LogP contribution in [-0.2, 0) is 12.0 Å². The molecule has 98 valence electrons. The monoisotopic (exact) mass is 253 g/mol. The van der Waals surface area contributed by atoms with Crippen molar-refractivity contribution in [2.24, 2.45) is 5.73 Å². The Morgan fingerprint density at radius 2 is 1.89 bits per heavy atom. The second-order valence-corrected chi connectivity index (χ2v) is 5.33. The first kappa shape index (κ1) is 12.3. The van der Waals surface area contributed by atoms with E-state index >= 15 is 0 Å². The lowest BCUT2D eigenvalue weighted by atomic mass is 9.64. The maximum absolute atomic E-state index is 5.74. The molecule has 0 unspecified atom stereocenters. The summed E-state index contributed by atoms with van der Waals surface area (Å²) in [4.78, 5) is 9.37. The zero-order chi connectivity index (χ0) is 13.3. The highest BCUT2D eigenvalue weighted by molar-refractivity contribution is 5.36. The average Bonchev–Trinajstić information content (AvgIpc) is 2.38. The van der Waals surface area contributed by atoms with Gasteiger partial charge in [-0.15, -0.1) is 0 Å². The van der Waals surface area contributed by atoms with Crippen LogP contribution in [-0.4, -0.2) is 9.97 Å². The molecule has 0 radical (unpaired) electrons. The summed E-state index contributed by atoms with van der Waals surface area (Å²) in [5.74, 6) is 0.949. The van der Waals surface area contributed by atoms with E-state index in [1.165, 1.54) is 12.0 Å². The highest BCUT2D eigenvalue weighted by Gasteiger charge is 2.43. The van der Waals surface area contributed by atoms with Crippen LogP contribution in [0.3, 0.4) is 0 Å². The summed E-state index contributed by atoms with van der Waals surface area (Å²) in [6, 6.07) is 12.6. The van der Waals surface area contributed by atoms with Gasteiger partial charge in [0.25, 0.3) is 0 Å². The van der Waals surface area contributed by atoms with Crippen LogP contribution in [0.2, 0.25) is 0 Å². The summed E-state index contributed by atoms with van der Waals surface area (Å²) in [5.41, 5.74) is 9.02. The van der Waals surface area contributed by atoms with Crippen LogP contribution in [0.25, 0.3) is 0 Å². The van der Waals surface area contributed by atoms with Crippen LogP contribution in [0.4, 0.5) is 0 Å². The topological polar surface area (TPSA) is 51.8 Å². The first-order valence-corrected chi connectivity index (χ1v) is 6.85. The van der Waals surface area contributed by atoms with Gasteiger partial charge in [-0.1, -0.05) is 36.8 Å². The molecule has 3 rings (SSSR count). The smallest absolute Gasteiger partial charge is 0.139 e. The van der Waals surface area contributed by atoms with E-state index in [1.54, 1.807) is 0 Å². The molecule has 0 spiro atoms. The highest BCUT2D eigenvalue weighted by Crippen LogP contribution is 2.47. The van der Waals surface area contributed by atoms with Gasteiger partial charge in [0.15, 0.2) is 0 Å². The Bertz CT molecular complexity index is 574. The van der Waals surface area contributed by atoms with Crippen molar-refractivity contribution in [2.75, 3.05) is 0 Å². The molecule has 1 fully saturated rings. The number of hydrogen-bond acceptors (Lipinski definition) is 3. The molecule has 3 heteroatoms. The van der Waals surface area contributed by atoms with Gasteiger partial charge in [0.05, 0.1) is 11.1 Å². The molecule has 2 N–H and O–H groups in total. The van der Waals surface area contributed by atoms with Crippen LogP contribution in [0.5, 0.6) is 0 Å². The Kier molecular flexibility index (Phi) is 3.07. The maximum atomic E-state index is 5.74. The second kappa shape index (κ2) is 4.74. The Labute approximate surface area is 113 Å². The third-order valence-corrected chi connectivity index (χ3v) is 4.08. The van der Waals surface area contributed by atoms with Crippen molar-refractivity contribution in [3.05, 3.63) is 59.2 Å². The van der Waals surface area contributed by atoms with Crippen LogP contribution in [0, 0.1) is 6.92 Å². The molecule has 19 heavy (non-hydrogen) atoms. The van der Waals surface area contributed by atoms with E-state index in [-0.39, 0.29) is 5.41 Å². The van der Waals surface area contributed by atoms with Gasteiger partial charge >= 0.3 is 0 Å². The molecule has 0 atom stereocenters. The number of aromatic nitrogens is 2. The van der Waals surface area contributed by atoms with Crippen LogP contribution >= 0.6 is 0 Å². The maximum Gasteiger partial charge on any atom is 0.139 e. The normalized spacial score (nSPS) is 16.9. The fourth-order valence-electron chi connectivity index (χ4n) is 2.88. The third kappa shape index (κ3) is 2.04. The Balaban J connectivity index is 2.10. The Morgan fingerprint density at radius 3 is 2.47 bits per heavy atom. The highest BCUT2D eigenvalue weighted by atomic mass is 14.9. The number of nitrogens with zero attached hydrogens (tertiary/aromatic N) is 2. The van der Waals surface area contributed by atoms with E-state index < -0.39 is 0 Å². The van der Waals surface area contributed by atoms with E-state index in [4.69, 9.17) is 5.73 Å². The van der Waals surface area contributed by atoms with Gasteiger partial charge in [0.1, 0.15) is 5.82 Å². The number of nitrogens with two attached hydrogens (primary N) is 1. The zero-order valence-corrected chi connectivity index (χ0v) is 11.3. The lowest BCUT2D eigenvalue weighted by molar-refractivity contribution is 0.284. The summed E-state index contributed by atoms with van der Waals surface area (Å²) in [7, 11) is 0. The van der Waals surface area contributed by atoms with Crippen molar-refractivity contribution in [3.63, 3.8) is 0 Å². The lowest BCUT2D eigenvalue weighted by Gasteiger charge is -2.41. The predicted octanol–water partition coefficient (Wildman–Crippen LogP) is 2.71. The van der Waals surface area contributed by atoms with Crippen molar-refractivity contribution in [2.45, 2.75) is 38.1 Å². The average molecular weight is 253 g/mol. The minimum Gasteiger partial charge on any atom is -0.325 e. The molecule has 0 bridgehead atoms. The molecule has 0 saturated heterocycles. The van der Waals surface area contributed by atoms with E-state index in [9.17, 15) is 0 Å². The first-order valence-electron chi connectivity index (χ1n) is 6.85. The van der Waals surface area contributed by atoms with Crippen molar-refractivity contribution >= 4 is 0 Å². The molecule has 0 aliphatic heterocycles. The van der Waals surface area contributed by atoms with Gasteiger partial charge in [-0.05, 0) is 31.4 Å². The van der Waals surface area contributed by atoms with Crippen LogP contribution in [0.1, 0.15) is 42.0 Å². The van der Waals surface area contributed by atoms with Gasteiger partial charge in [0.2, 0.25) is 0 Å². The first-order chi connectivity index (χ1) is 9.24. The Hall–Kier alpha value is -1.74. The summed E-state index contributed by atoms with van der Waals surface area (Å²) in [5, 5.41) is 0. The molecule has 1 aliphatic carbocycles. The molecule has 1 aromatic heterocycles. The predicted molar refractivity (Wildman–Crippen MR) is 75.7 cm³/mol. The number of aryl methyl sites for hydroxylation is 1. The van der Waals surface area contributed by atoms with E-state index in [2.05, 4.69) is 40.3 Å². The van der Waals surface area contributed by atoms with Crippen LogP contribution in [0.15, 0.2) is 36.4 Å². The molecule has 1 aromatic carbocycles. The second-order valence-electron chi connectivity index (χ2n) is 5.33. The van der Waals surface area contributed by atoms with Crippen molar-refractivity contribution in [1.29, 1.82) is 0 Å². The number of rotatable bonds is 3. The van der Waals surface area contributed by atoms with E-state index in [0.717, 1.165) is 30.1 Å². The fraction of sp³-hybridized carbons (Fsp3) is 0.375. The van der Waals surface area contributed by atoms with Crippen molar-refractivity contribution in [3.8, 4) is 0 Å². The largest absolute Gasteiger partial charge is 0.325 e. The third-order valence-electron chi connectivity index (χ3n) is 4.08. The summed E-state index contributed by atoms with van der Waals surface area (Å²) in [6.07, 6.45) is 3.50. The quantitative estimate of drug-likeness (QED) is 0.915. The number of benzene rings is 1.